The second kappa shape index (κ2) is 7.09. The molecular weight excluding hydrogens is 312 g/mol. The molecule has 0 amide bonds. The quantitative estimate of drug-likeness (QED) is 0.721. The molecule has 3 nitrogen and oxygen atoms in total. The van der Waals surface area contributed by atoms with Crippen LogP contribution in [0.3, 0.4) is 0 Å². The molecule has 0 radical (unpaired) electrons. The van der Waals surface area contributed by atoms with Crippen LogP contribution < -0.4 is 4.74 Å². The molecule has 3 heteroatoms. The van der Waals surface area contributed by atoms with Crippen LogP contribution in [0, 0.1) is 0 Å². The lowest BCUT2D eigenvalue weighted by Crippen LogP contribution is -2.19. The Morgan fingerprint density at radius 3 is 2.40 bits per heavy atom. The highest BCUT2D eigenvalue weighted by molar-refractivity contribution is 5.46. The molecule has 1 heterocycles. The number of ether oxygens (including phenoxy) is 2. The fourth-order valence-corrected chi connectivity index (χ4v) is 3.07. The van der Waals surface area contributed by atoms with Gasteiger partial charge in [0.2, 0.25) is 0 Å². The minimum absolute atomic E-state index is 0.145. The van der Waals surface area contributed by atoms with E-state index in [4.69, 9.17) is 9.47 Å². The molecule has 134 valence electrons. The van der Waals surface area contributed by atoms with Crippen molar-refractivity contribution in [2.24, 2.45) is 0 Å². The lowest BCUT2D eigenvalue weighted by atomic mass is 9.77. The Labute approximate surface area is 150 Å². The summed E-state index contributed by atoms with van der Waals surface area (Å²) >= 11 is 0. The van der Waals surface area contributed by atoms with Gasteiger partial charge in [0.05, 0.1) is 6.61 Å². The van der Waals surface area contributed by atoms with Gasteiger partial charge in [0.1, 0.15) is 24.2 Å². The summed E-state index contributed by atoms with van der Waals surface area (Å²) in [6.45, 7) is 10.3. The highest BCUT2D eigenvalue weighted by atomic mass is 16.6. The molecule has 2 unspecified atom stereocenters. The normalized spacial score (nSPS) is 18.0. The predicted molar refractivity (Wildman–Crippen MR) is 101 cm³/mol. The van der Waals surface area contributed by atoms with E-state index in [0.29, 0.717) is 18.3 Å². The smallest absolute Gasteiger partial charge is 0.122 e. The second-order valence-corrected chi connectivity index (χ2v) is 7.50. The summed E-state index contributed by atoms with van der Waals surface area (Å²) in [6.07, 6.45) is 1.33. The Bertz CT molecular complexity index is 715. The Morgan fingerprint density at radius 1 is 1.16 bits per heavy atom. The first-order valence-electron chi connectivity index (χ1n) is 9.10. The topological polar surface area (TPSA) is 42.0 Å². The summed E-state index contributed by atoms with van der Waals surface area (Å²) in [4.78, 5) is 0. The standard InChI is InChI=1S/C22H28O3/c1-5-15(2)20-12-17(8-11-21(20)25-14-19-13-24-19)22(3,4)16-6-9-18(23)10-7-16/h6-12,15,19,23H,5,13-14H2,1-4H3. The molecule has 0 aromatic heterocycles. The van der Waals surface area contributed by atoms with Crippen molar-refractivity contribution in [2.45, 2.75) is 51.6 Å². The molecule has 0 aliphatic carbocycles. The molecule has 1 N–H and O–H groups in total. The zero-order chi connectivity index (χ0) is 18.0. The maximum atomic E-state index is 9.56. The van der Waals surface area contributed by atoms with Gasteiger partial charge in [0, 0.05) is 5.41 Å². The van der Waals surface area contributed by atoms with Crippen LogP contribution in [-0.4, -0.2) is 24.4 Å². The van der Waals surface area contributed by atoms with Crippen molar-refractivity contribution in [2.75, 3.05) is 13.2 Å². The van der Waals surface area contributed by atoms with Crippen LogP contribution >= 0.6 is 0 Å². The molecule has 2 aromatic carbocycles. The first-order valence-corrected chi connectivity index (χ1v) is 9.10. The Morgan fingerprint density at radius 2 is 1.80 bits per heavy atom. The molecule has 1 fully saturated rings. The SMILES string of the molecule is CCC(C)c1cc(C(C)(C)c2ccc(O)cc2)ccc1OCC1CO1. The van der Waals surface area contributed by atoms with Crippen LogP contribution in [0.15, 0.2) is 42.5 Å². The zero-order valence-corrected chi connectivity index (χ0v) is 15.6. The van der Waals surface area contributed by atoms with Gasteiger partial charge in [-0.25, -0.2) is 0 Å². The van der Waals surface area contributed by atoms with E-state index < -0.39 is 0 Å². The van der Waals surface area contributed by atoms with Gasteiger partial charge >= 0.3 is 0 Å². The molecule has 0 saturated carbocycles. The molecule has 1 aliphatic heterocycles. The van der Waals surface area contributed by atoms with Crippen molar-refractivity contribution < 1.29 is 14.6 Å². The van der Waals surface area contributed by atoms with Crippen molar-refractivity contribution in [3.63, 3.8) is 0 Å². The Balaban J connectivity index is 1.93. The third kappa shape index (κ3) is 3.98. The van der Waals surface area contributed by atoms with Gasteiger partial charge in [-0.1, -0.05) is 52.0 Å². The van der Waals surface area contributed by atoms with Crippen molar-refractivity contribution in [1.29, 1.82) is 0 Å². The highest BCUT2D eigenvalue weighted by Crippen LogP contribution is 2.37. The lowest BCUT2D eigenvalue weighted by molar-refractivity contribution is 0.260. The maximum absolute atomic E-state index is 9.56. The van der Waals surface area contributed by atoms with Crippen LogP contribution in [0.2, 0.25) is 0 Å². The maximum Gasteiger partial charge on any atom is 0.122 e. The van der Waals surface area contributed by atoms with Gasteiger partial charge in [0.15, 0.2) is 0 Å². The molecule has 0 bridgehead atoms. The average molecular weight is 340 g/mol. The summed E-state index contributed by atoms with van der Waals surface area (Å²) in [5.41, 5.74) is 3.55. The van der Waals surface area contributed by atoms with Crippen molar-refractivity contribution in [3.8, 4) is 11.5 Å². The van der Waals surface area contributed by atoms with Gasteiger partial charge in [-0.05, 0) is 47.2 Å². The minimum atomic E-state index is -0.145. The van der Waals surface area contributed by atoms with E-state index in [2.05, 4.69) is 45.9 Å². The van der Waals surface area contributed by atoms with E-state index in [1.807, 2.05) is 12.1 Å². The molecule has 25 heavy (non-hydrogen) atoms. The van der Waals surface area contributed by atoms with Crippen LogP contribution in [0.25, 0.3) is 0 Å². The molecule has 3 rings (SSSR count). The average Bonchev–Trinajstić information content (AvgIpc) is 3.44. The number of aromatic hydroxyl groups is 1. The first-order chi connectivity index (χ1) is 11.9. The molecular formula is C22H28O3. The van der Waals surface area contributed by atoms with Crippen LogP contribution in [-0.2, 0) is 10.2 Å². The predicted octanol–water partition coefficient (Wildman–Crippen LogP) is 5.01. The van der Waals surface area contributed by atoms with E-state index in [9.17, 15) is 5.11 Å². The summed E-state index contributed by atoms with van der Waals surface area (Å²) in [5.74, 6) is 1.70. The van der Waals surface area contributed by atoms with Crippen molar-refractivity contribution in [1.82, 2.24) is 0 Å². The van der Waals surface area contributed by atoms with E-state index >= 15 is 0 Å². The molecule has 2 atom stereocenters. The van der Waals surface area contributed by atoms with E-state index in [-0.39, 0.29) is 11.5 Å². The monoisotopic (exact) mass is 340 g/mol. The number of hydrogen-bond acceptors (Lipinski definition) is 3. The number of benzene rings is 2. The van der Waals surface area contributed by atoms with Gasteiger partial charge in [0.25, 0.3) is 0 Å². The third-order valence-electron chi connectivity index (χ3n) is 5.29. The molecule has 1 aliphatic rings. The lowest BCUT2D eigenvalue weighted by Gasteiger charge is -2.28. The molecule has 1 saturated heterocycles. The van der Waals surface area contributed by atoms with Crippen LogP contribution in [0.5, 0.6) is 11.5 Å². The van der Waals surface area contributed by atoms with Gasteiger partial charge in [-0.3, -0.25) is 0 Å². The highest BCUT2D eigenvalue weighted by Gasteiger charge is 2.27. The number of rotatable bonds is 7. The van der Waals surface area contributed by atoms with E-state index in [1.165, 1.54) is 16.7 Å². The summed E-state index contributed by atoms with van der Waals surface area (Å²) in [5, 5.41) is 9.56. The Kier molecular flexibility index (Phi) is 5.05. The largest absolute Gasteiger partial charge is 0.508 e. The van der Waals surface area contributed by atoms with Crippen molar-refractivity contribution in [3.05, 3.63) is 59.2 Å². The van der Waals surface area contributed by atoms with Crippen LogP contribution in [0.4, 0.5) is 0 Å². The van der Waals surface area contributed by atoms with E-state index in [0.717, 1.165) is 18.8 Å². The van der Waals surface area contributed by atoms with Crippen molar-refractivity contribution >= 4 is 0 Å². The minimum Gasteiger partial charge on any atom is -0.508 e. The Hall–Kier alpha value is -2.00. The van der Waals surface area contributed by atoms with Gasteiger partial charge < -0.3 is 14.6 Å². The number of hydrogen-bond donors (Lipinski definition) is 1. The summed E-state index contributed by atoms with van der Waals surface area (Å²) in [6, 6.07) is 14.0. The zero-order valence-electron chi connectivity index (χ0n) is 15.6. The summed E-state index contributed by atoms with van der Waals surface area (Å²) in [7, 11) is 0. The van der Waals surface area contributed by atoms with E-state index in [1.54, 1.807) is 12.1 Å². The van der Waals surface area contributed by atoms with Gasteiger partial charge in [-0.2, -0.15) is 0 Å². The molecule has 2 aromatic rings. The van der Waals surface area contributed by atoms with Gasteiger partial charge in [-0.15, -0.1) is 0 Å². The summed E-state index contributed by atoms with van der Waals surface area (Å²) < 4.78 is 11.3. The second-order valence-electron chi connectivity index (χ2n) is 7.50. The third-order valence-corrected chi connectivity index (χ3v) is 5.29. The fraction of sp³-hybridized carbons (Fsp3) is 0.455. The molecule has 0 spiro atoms. The fourth-order valence-electron chi connectivity index (χ4n) is 3.07. The first kappa shape index (κ1) is 17.8. The number of phenolic OH excluding ortho intramolecular Hbond substituents is 1. The number of epoxide rings is 1. The van der Waals surface area contributed by atoms with Crippen LogP contribution in [0.1, 0.15) is 56.7 Å². The number of phenols is 1.